The molecule has 0 fully saturated rings. The Morgan fingerprint density at radius 1 is 1.00 bits per heavy atom. The maximum atomic E-state index is 12.8. The number of benzene rings is 3. The van der Waals surface area contributed by atoms with Crippen LogP contribution in [0, 0.1) is 0 Å². The minimum absolute atomic E-state index is 0.00630. The summed E-state index contributed by atoms with van der Waals surface area (Å²) in [6.45, 7) is 1.37. The summed E-state index contributed by atoms with van der Waals surface area (Å²) in [5.41, 5.74) is 5.25. The van der Waals surface area contributed by atoms with Crippen LogP contribution in [0.5, 0.6) is 5.75 Å². The molecular formula is C28H21ClN2O4. The fourth-order valence-corrected chi connectivity index (χ4v) is 4.36. The van der Waals surface area contributed by atoms with E-state index in [0.717, 1.165) is 27.8 Å². The molecule has 2 heterocycles. The largest absolute Gasteiger partial charge is 0.489 e. The van der Waals surface area contributed by atoms with Crippen molar-refractivity contribution >= 4 is 23.5 Å². The second-order valence-electron chi connectivity index (χ2n) is 8.33. The predicted octanol–water partition coefficient (Wildman–Crippen LogP) is 5.84. The summed E-state index contributed by atoms with van der Waals surface area (Å²) in [6.07, 6.45) is 3.48. The zero-order chi connectivity index (χ0) is 24.4. The Hall–Kier alpha value is -4.16. The van der Waals surface area contributed by atoms with E-state index in [2.05, 4.69) is 4.98 Å². The van der Waals surface area contributed by atoms with Gasteiger partial charge in [-0.2, -0.15) is 0 Å². The molecule has 0 unspecified atom stereocenters. The van der Waals surface area contributed by atoms with Crippen molar-refractivity contribution in [1.82, 2.24) is 9.88 Å². The van der Waals surface area contributed by atoms with Crippen LogP contribution >= 0.6 is 11.6 Å². The van der Waals surface area contributed by atoms with Crippen molar-refractivity contribution in [3.05, 3.63) is 118 Å². The van der Waals surface area contributed by atoms with Crippen LogP contribution in [-0.4, -0.2) is 26.9 Å². The predicted molar refractivity (Wildman–Crippen MR) is 132 cm³/mol. The Labute approximate surface area is 207 Å². The number of carbonyl (C=O) groups is 2. The molecule has 0 spiro atoms. The van der Waals surface area contributed by atoms with E-state index in [4.69, 9.17) is 16.3 Å². The number of nitrogens with zero attached hydrogens (tertiary/aromatic N) is 2. The van der Waals surface area contributed by atoms with Crippen molar-refractivity contribution in [1.29, 1.82) is 0 Å². The molecule has 1 aliphatic rings. The topological polar surface area (TPSA) is 79.7 Å². The number of amides is 1. The van der Waals surface area contributed by atoms with Crippen molar-refractivity contribution in [2.45, 2.75) is 19.7 Å². The minimum atomic E-state index is -1.06. The lowest BCUT2D eigenvalue weighted by molar-refractivity contribution is 0.0696. The number of rotatable bonds is 7. The zero-order valence-electron chi connectivity index (χ0n) is 18.6. The van der Waals surface area contributed by atoms with Crippen LogP contribution in [0.15, 0.2) is 85.2 Å². The van der Waals surface area contributed by atoms with Gasteiger partial charge in [0.15, 0.2) is 0 Å². The number of hydrogen-bond donors (Lipinski definition) is 1. The highest BCUT2D eigenvalue weighted by atomic mass is 35.5. The molecule has 5 rings (SSSR count). The van der Waals surface area contributed by atoms with Crippen LogP contribution in [0.25, 0.3) is 11.1 Å². The Bertz CT molecular complexity index is 1420. The standard InChI is InChI=1S/C28H21ClN2O4/c29-26-9-6-21(13-25(26)28(33)34)20-5-1-3-18(11-20)17-35-23-7-8-24-22(12-23)16-31(27(24)32)15-19-4-2-10-30-14-19/h1-14H,15-17H2,(H,33,34). The van der Waals surface area contributed by atoms with Crippen molar-refractivity contribution < 1.29 is 19.4 Å². The van der Waals surface area contributed by atoms with Gasteiger partial charge < -0.3 is 14.7 Å². The van der Waals surface area contributed by atoms with Gasteiger partial charge >= 0.3 is 5.97 Å². The van der Waals surface area contributed by atoms with E-state index in [1.807, 2.05) is 54.6 Å². The van der Waals surface area contributed by atoms with Crippen LogP contribution in [0.3, 0.4) is 0 Å². The molecule has 0 atom stereocenters. The summed E-state index contributed by atoms with van der Waals surface area (Å²) in [7, 11) is 0. The Balaban J connectivity index is 1.28. The fraction of sp³-hybridized carbons (Fsp3) is 0.107. The van der Waals surface area contributed by atoms with Crippen LogP contribution < -0.4 is 4.74 Å². The van der Waals surface area contributed by atoms with E-state index >= 15 is 0 Å². The molecule has 0 radical (unpaired) electrons. The third-order valence-corrected chi connectivity index (χ3v) is 6.24. The molecule has 1 aliphatic heterocycles. The molecule has 174 valence electrons. The molecule has 1 amide bonds. The number of fused-ring (bicyclic) bond motifs is 1. The zero-order valence-corrected chi connectivity index (χ0v) is 19.4. The van der Waals surface area contributed by atoms with Gasteiger partial charge in [0.05, 0.1) is 10.6 Å². The Kier molecular flexibility index (Phi) is 6.21. The van der Waals surface area contributed by atoms with E-state index < -0.39 is 5.97 Å². The Morgan fingerprint density at radius 3 is 2.63 bits per heavy atom. The average molecular weight is 485 g/mol. The number of halogens is 1. The highest BCUT2D eigenvalue weighted by Gasteiger charge is 2.27. The number of pyridine rings is 1. The normalized spacial score (nSPS) is 12.5. The quantitative estimate of drug-likeness (QED) is 0.356. The van der Waals surface area contributed by atoms with E-state index in [0.29, 0.717) is 31.0 Å². The number of carboxylic acid groups (broad SMARTS) is 1. The van der Waals surface area contributed by atoms with E-state index in [9.17, 15) is 14.7 Å². The minimum Gasteiger partial charge on any atom is -0.489 e. The van der Waals surface area contributed by atoms with Gasteiger partial charge in [0.2, 0.25) is 0 Å². The first-order chi connectivity index (χ1) is 17.0. The first-order valence-electron chi connectivity index (χ1n) is 11.0. The lowest BCUT2D eigenvalue weighted by atomic mass is 10.0. The summed E-state index contributed by atoms with van der Waals surface area (Å²) in [6, 6.07) is 22.0. The second kappa shape index (κ2) is 9.60. The van der Waals surface area contributed by atoms with Gasteiger partial charge in [-0.25, -0.2) is 4.79 Å². The number of hydrogen-bond acceptors (Lipinski definition) is 4. The third kappa shape index (κ3) is 4.88. The van der Waals surface area contributed by atoms with Crippen molar-refractivity contribution in [2.24, 2.45) is 0 Å². The number of aromatic nitrogens is 1. The molecule has 0 saturated heterocycles. The summed E-state index contributed by atoms with van der Waals surface area (Å²) < 4.78 is 6.02. The summed E-state index contributed by atoms with van der Waals surface area (Å²) in [5, 5.41) is 9.55. The molecule has 35 heavy (non-hydrogen) atoms. The lowest BCUT2D eigenvalue weighted by Crippen LogP contribution is -2.23. The van der Waals surface area contributed by atoms with Gasteiger partial charge in [-0.05, 0) is 70.3 Å². The first-order valence-corrected chi connectivity index (χ1v) is 11.4. The van der Waals surface area contributed by atoms with Crippen LogP contribution in [0.4, 0.5) is 0 Å². The van der Waals surface area contributed by atoms with Gasteiger partial charge in [-0.3, -0.25) is 9.78 Å². The van der Waals surface area contributed by atoms with Crippen molar-refractivity contribution in [3.63, 3.8) is 0 Å². The molecule has 7 heteroatoms. The molecule has 3 aromatic carbocycles. The molecule has 0 aliphatic carbocycles. The molecule has 0 bridgehead atoms. The third-order valence-electron chi connectivity index (χ3n) is 5.91. The summed E-state index contributed by atoms with van der Waals surface area (Å²) in [5.74, 6) is -0.373. The highest BCUT2D eigenvalue weighted by Crippen LogP contribution is 2.29. The second-order valence-corrected chi connectivity index (χ2v) is 8.74. The van der Waals surface area contributed by atoms with E-state index in [-0.39, 0.29) is 16.5 Å². The smallest absolute Gasteiger partial charge is 0.337 e. The van der Waals surface area contributed by atoms with Gasteiger partial charge in [0.25, 0.3) is 5.91 Å². The van der Waals surface area contributed by atoms with E-state index in [1.165, 1.54) is 0 Å². The number of ether oxygens (including phenoxy) is 1. The molecular weight excluding hydrogens is 464 g/mol. The van der Waals surface area contributed by atoms with Crippen LogP contribution in [0.1, 0.15) is 37.4 Å². The van der Waals surface area contributed by atoms with Gasteiger partial charge in [-0.1, -0.05) is 41.9 Å². The molecule has 1 aromatic heterocycles. The van der Waals surface area contributed by atoms with E-state index in [1.54, 1.807) is 35.5 Å². The summed E-state index contributed by atoms with van der Waals surface area (Å²) in [4.78, 5) is 30.1. The fourth-order valence-electron chi connectivity index (χ4n) is 4.16. The lowest BCUT2D eigenvalue weighted by Gasteiger charge is -2.15. The number of aromatic carboxylic acids is 1. The SMILES string of the molecule is O=C(O)c1cc(-c2cccc(COc3ccc4c(c3)CN(Cc3cccnc3)C4=O)c2)ccc1Cl. The number of carboxylic acids is 1. The molecule has 1 N–H and O–H groups in total. The monoisotopic (exact) mass is 484 g/mol. The molecule has 6 nitrogen and oxygen atoms in total. The van der Waals surface area contributed by atoms with Crippen molar-refractivity contribution in [3.8, 4) is 16.9 Å². The molecule has 4 aromatic rings. The van der Waals surface area contributed by atoms with Crippen molar-refractivity contribution in [2.75, 3.05) is 0 Å². The highest BCUT2D eigenvalue weighted by molar-refractivity contribution is 6.33. The first kappa shape index (κ1) is 22.6. The summed E-state index contributed by atoms with van der Waals surface area (Å²) >= 11 is 6.00. The molecule has 0 saturated carbocycles. The van der Waals surface area contributed by atoms with Gasteiger partial charge in [-0.15, -0.1) is 0 Å². The maximum Gasteiger partial charge on any atom is 0.337 e. The van der Waals surface area contributed by atoms with Crippen LogP contribution in [0.2, 0.25) is 5.02 Å². The van der Waals surface area contributed by atoms with Gasteiger partial charge in [0.1, 0.15) is 12.4 Å². The maximum absolute atomic E-state index is 12.8. The Morgan fingerprint density at radius 2 is 1.83 bits per heavy atom. The van der Waals surface area contributed by atoms with Crippen LogP contribution in [-0.2, 0) is 19.7 Å². The van der Waals surface area contributed by atoms with Gasteiger partial charge in [0, 0.05) is 31.0 Å². The number of carbonyl (C=O) groups excluding carboxylic acids is 1. The average Bonchev–Trinajstić information content (AvgIpc) is 3.18.